The number of anilines is 1. The number of nitrogens with zero attached hydrogens (tertiary/aromatic N) is 2. The standard InChI is InChI=1S/C18H21N3O2/c1-4-21-18-6-5-15(9-14(18)12-20-21)19-11-13-7-16(22-2)10-17(8-13)23-3/h5-10,12,19H,4,11H2,1-3H3. The number of nitrogens with one attached hydrogen (secondary N) is 1. The highest BCUT2D eigenvalue weighted by Gasteiger charge is 2.04. The minimum Gasteiger partial charge on any atom is -0.497 e. The van der Waals surface area contributed by atoms with Crippen molar-refractivity contribution in [3.8, 4) is 11.5 Å². The molecule has 0 unspecified atom stereocenters. The Morgan fingerprint density at radius 2 is 1.78 bits per heavy atom. The van der Waals surface area contributed by atoms with E-state index in [1.807, 2.05) is 29.1 Å². The molecule has 1 aromatic heterocycles. The Labute approximate surface area is 135 Å². The Morgan fingerprint density at radius 1 is 1.04 bits per heavy atom. The number of fused-ring (bicyclic) bond motifs is 1. The average Bonchev–Trinajstić information content (AvgIpc) is 3.01. The molecule has 1 N–H and O–H groups in total. The molecule has 3 aromatic rings. The predicted octanol–water partition coefficient (Wildman–Crippen LogP) is 3.69. The molecule has 2 aromatic carbocycles. The van der Waals surface area contributed by atoms with Gasteiger partial charge in [-0.3, -0.25) is 4.68 Å². The third kappa shape index (κ3) is 3.23. The number of rotatable bonds is 6. The quantitative estimate of drug-likeness (QED) is 0.754. The second-order valence-corrected chi connectivity index (χ2v) is 5.31. The minimum atomic E-state index is 0.695. The van der Waals surface area contributed by atoms with Crippen LogP contribution in [0.1, 0.15) is 12.5 Å². The van der Waals surface area contributed by atoms with Gasteiger partial charge in [-0.15, -0.1) is 0 Å². The number of aryl methyl sites for hydroxylation is 1. The SMILES string of the molecule is CCn1ncc2cc(NCc3cc(OC)cc(OC)c3)ccc21. The first-order chi connectivity index (χ1) is 11.2. The van der Waals surface area contributed by atoms with Crippen molar-refractivity contribution in [3.05, 3.63) is 48.2 Å². The van der Waals surface area contributed by atoms with Crippen molar-refractivity contribution in [1.29, 1.82) is 0 Å². The maximum absolute atomic E-state index is 5.30. The molecule has 0 radical (unpaired) electrons. The van der Waals surface area contributed by atoms with Gasteiger partial charge in [0.2, 0.25) is 0 Å². The van der Waals surface area contributed by atoms with Crippen molar-refractivity contribution in [3.63, 3.8) is 0 Å². The fourth-order valence-corrected chi connectivity index (χ4v) is 2.62. The Kier molecular flexibility index (Phi) is 4.37. The Bertz CT molecular complexity index is 789. The van der Waals surface area contributed by atoms with Gasteiger partial charge in [-0.1, -0.05) is 0 Å². The normalized spacial score (nSPS) is 10.7. The van der Waals surface area contributed by atoms with Crippen LogP contribution in [0.15, 0.2) is 42.6 Å². The van der Waals surface area contributed by atoms with Gasteiger partial charge in [0.15, 0.2) is 0 Å². The average molecular weight is 311 g/mol. The third-order valence-electron chi connectivity index (χ3n) is 3.85. The number of hydrogen-bond donors (Lipinski definition) is 1. The van der Waals surface area contributed by atoms with Crippen LogP contribution >= 0.6 is 0 Å². The van der Waals surface area contributed by atoms with Gasteiger partial charge in [0.05, 0.1) is 25.9 Å². The van der Waals surface area contributed by atoms with E-state index in [0.717, 1.165) is 40.2 Å². The van der Waals surface area contributed by atoms with E-state index in [1.54, 1.807) is 14.2 Å². The van der Waals surface area contributed by atoms with Crippen LogP contribution in [0.25, 0.3) is 10.9 Å². The maximum atomic E-state index is 5.30. The molecular weight excluding hydrogens is 290 g/mol. The lowest BCUT2D eigenvalue weighted by molar-refractivity contribution is 0.393. The fraction of sp³-hybridized carbons (Fsp3) is 0.278. The summed E-state index contributed by atoms with van der Waals surface area (Å²) in [5, 5.41) is 8.95. The summed E-state index contributed by atoms with van der Waals surface area (Å²) in [5.74, 6) is 1.58. The highest BCUT2D eigenvalue weighted by Crippen LogP contribution is 2.24. The molecule has 0 fully saturated rings. The summed E-state index contributed by atoms with van der Waals surface area (Å²) in [5.41, 5.74) is 3.32. The van der Waals surface area contributed by atoms with Crippen molar-refractivity contribution < 1.29 is 9.47 Å². The molecule has 0 aliphatic heterocycles. The molecule has 0 atom stereocenters. The molecule has 5 nitrogen and oxygen atoms in total. The summed E-state index contributed by atoms with van der Waals surface area (Å²) in [4.78, 5) is 0. The molecule has 23 heavy (non-hydrogen) atoms. The van der Waals surface area contributed by atoms with Crippen molar-refractivity contribution in [2.24, 2.45) is 0 Å². The summed E-state index contributed by atoms with van der Waals surface area (Å²) >= 11 is 0. The molecule has 0 saturated heterocycles. The van der Waals surface area contributed by atoms with Gasteiger partial charge < -0.3 is 14.8 Å². The Hall–Kier alpha value is -2.69. The number of methoxy groups -OCH3 is 2. The van der Waals surface area contributed by atoms with Crippen LogP contribution < -0.4 is 14.8 Å². The number of aromatic nitrogens is 2. The monoisotopic (exact) mass is 311 g/mol. The van der Waals surface area contributed by atoms with Crippen LogP contribution in [0.4, 0.5) is 5.69 Å². The van der Waals surface area contributed by atoms with Crippen molar-refractivity contribution >= 4 is 16.6 Å². The molecule has 3 rings (SSSR count). The van der Waals surface area contributed by atoms with Gasteiger partial charge in [-0.2, -0.15) is 5.10 Å². The van der Waals surface area contributed by atoms with E-state index in [9.17, 15) is 0 Å². The first-order valence-electron chi connectivity index (χ1n) is 7.65. The molecule has 0 amide bonds. The number of benzene rings is 2. The van der Waals surface area contributed by atoms with E-state index in [2.05, 4.69) is 35.5 Å². The zero-order valence-electron chi connectivity index (χ0n) is 13.7. The summed E-state index contributed by atoms with van der Waals surface area (Å²) < 4.78 is 12.6. The smallest absolute Gasteiger partial charge is 0.122 e. The van der Waals surface area contributed by atoms with Gasteiger partial charge in [0.1, 0.15) is 11.5 Å². The van der Waals surface area contributed by atoms with Crippen molar-refractivity contribution in [2.45, 2.75) is 20.0 Å². The molecule has 5 heteroatoms. The lowest BCUT2D eigenvalue weighted by atomic mass is 10.2. The van der Waals surface area contributed by atoms with E-state index >= 15 is 0 Å². The van der Waals surface area contributed by atoms with E-state index in [0.29, 0.717) is 6.54 Å². The molecule has 120 valence electrons. The van der Waals surface area contributed by atoms with Gasteiger partial charge in [0, 0.05) is 30.2 Å². The highest BCUT2D eigenvalue weighted by atomic mass is 16.5. The lowest BCUT2D eigenvalue weighted by Crippen LogP contribution is -2.01. The fourth-order valence-electron chi connectivity index (χ4n) is 2.62. The van der Waals surface area contributed by atoms with Crippen molar-refractivity contribution in [2.75, 3.05) is 19.5 Å². The molecule has 0 aliphatic carbocycles. The predicted molar refractivity (Wildman–Crippen MR) is 92.3 cm³/mol. The summed E-state index contributed by atoms with van der Waals surface area (Å²) in [6, 6.07) is 12.2. The van der Waals surface area contributed by atoms with Crippen LogP contribution in [-0.4, -0.2) is 24.0 Å². The lowest BCUT2D eigenvalue weighted by Gasteiger charge is -2.10. The molecule has 0 spiro atoms. The summed E-state index contributed by atoms with van der Waals surface area (Å²) in [6.07, 6.45) is 1.90. The van der Waals surface area contributed by atoms with Crippen LogP contribution in [0.2, 0.25) is 0 Å². The van der Waals surface area contributed by atoms with Gasteiger partial charge >= 0.3 is 0 Å². The maximum Gasteiger partial charge on any atom is 0.122 e. The highest BCUT2D eigenvalue weighted by molar-refractivity contribution is 5.82. The van der Waals surface area contributed by atoms with Crippen molar-refractivity contribution in [1.82, 2.24) is 9.78 Å². The van der Waals surface area contributed by atoms with Gasteiger partial charge in [0.25, 0.3) is 0 Å². The topological polar surface area (TPSA) is 48.3 Å². The first kappa shape index (κ1) is 15.2. The Balaban J connectivity index is 1.77. The third-order valence-corrected chi connectivity index (χ3v) is 3.85. The van der Waals surface area contributed by atoms with Gasteiger partial charge in [-0.25, -0.2) is 0 Å². The first-order valence-corrected chi connectivity index (χ1v) is 7.65. The number of hydrogen-bond acceptors (Lipinski definition) is 4. The molecule has 1 heterocycles. The Morgan fingerprint density at radius 3 is 2.43 bits per heavy atom. The second kappa shape index (κ2) is 6.60. The van der Waals surface area contributed by atoms with Crippen LogP contribution in [0.5, 0.6) is 11.5 Å². The number of ether oxygens (including phenoxy) is 2. The minimum absolute atomic E-state index is 0.695. The zero-order chi connectivity index (χ0) is 16.2. The van der Waals surface area contributed by atoms with Gasteiger partial charge in [-0.05, 0) is 42.8 Å². The van der Waals surface area contributed by atoms with Crippen LogP contribution in [0.3, 0.4) is 0 Å². The molecule has 0 aliphatic rings. The summed E-state index contributed by atoms with van der Waals surface area (Å²) in [7, 11) is 3.32. The summed E-state index contributed by atoms with van der Waals surface area (Å²) in [6.45, 7) is 3.66. The van der Waals surface area contributed by atoms with E-state index < -0.39 is 0 Å². The van der Waals surface area contributed by atoms with E-state index in [1.165, 1.54) is 0 Å². The molecule has 0 saturated carbocycles. The zero-order valence-corrected chi connectivity index (χ0v) is 13.7. The second-order valence-electron chi connectivity index (χ2n) is 5.31. The largest absolute Gasteiger partial charge is 0.497 e. The van der Waals surface area contributed by atoms with E-state index in [4.69, 9.17) is 9.47 Å². The van der Waals surface area contributed by atoms with Crippen LogP contribution in [-0.2, 0) is 13.1 Å². The molecular formula is C18H21N3O2. The van der Waals surface area contributed by atoms with E-state index in [-0.39, 0.29) is 0 Å². The van der Waals surface area contributed by atoms with Crippen LogP contribution in [0, 0.1) is 0 Å². The molecule has 0 bridgehead atoms.